The molecule has 0 unspecified atom stereocenters. The summed E-state index contributed by atoms with van der Waals surface area (Å²) < 4.78 is 1.88. The first-order valence-corrected chi connectivity index (χ1v) is 11.3. The molecule has 0 aliphatic carbocycles. The first-order chi connectivity index (χ1) is 15.0. The number of amides is 2. The number of rotatable bonds is 4. The standard InChI is InChI=1S/C25H29N3O3/c1-3-16(2)23(28-15-18-7-4-5-8-20(18)24(28)30)25(31)26-12-17-11-19(14-26)21-9-6-10-22(29)27(21)13-17/h4-10,16-17,19,23H,3,11-15H2,1-2H3/t16-,17+,19-,23+/m1/s1. The third kappa shape index (κ3) is 3.29. The molecule has 5 rings (SSSR count). The maximum absolute atomic E-state index is 13.9. The molecular formula is C25H29N3O3. The number of aromatic nitrogens is 1. The molecule has 0 radical (unpaired) electrons. The summed E-state index contributed by atoms with van der Waals surface area (Å²) in [7, 11) is 0. The molecule has 1 aromatic carbocycles. The summed E-state index contributed by atoms with van der Waals surface area (Å²) >= 11 is 0. The molecule has 2 bridgehead atoms. The van der Waals surface area contributed by atoms with E-state index in [2.05, 4.69) is 13.8 Å². The van der Waals surface area contributed by atoms with E-state index < -0.39 is 6.04 Å². The molecule has 0 spiro atoms. The summed E-state index contributed by atoms with van der Waals surface area (Å²) in [5, 5.41) is 0. The van der Waals surface area contributed by atoms with Crippen molar-refractivity contribution in [1.29, 1.82) is 0 Å². The number of likely N-dealkylation sites (tertiary alicyclic amines) is 1. The highest BCUT2D eigenvalue weighted by Gasteiger charge is 2.43. The zero-order valence-corrected chi connectivity index (χ0v) is 18.2. The molecule has 6 heteroatoms. The van der Waals surface area contributed by atoms with Crippen molar-refractivity contribution >= 4 is 11.8 Å². The molecule has 1 saturated heterocycles. The van der Waals surface area contributed by atoms with Crippen molar-refractivity contribution in [1.82, 2.24) is 14.4 Å². The average molecular weight is 420 g/mol. The number of piperidine rings is 1. The van der Waals surface area contributed by atoms with Crippen molar-refractivity contribution in [2.45, 2.75) is 51.7 Å². The first-order valence-electron chi connectivity index (χ1n) is 11.3. The van der Waals surface area contributed by atoms with Gasteiger partial charge in [0.25, 0.3) is 11.5 Å². The third-order valence-electron chi connectivity index (χ3n) is 7.41. The van der Waals surface area contributed by atoms with Crippen molar-refractivity contribution in [3.63, 3.8) is 0 Å². The maximum Gasteiger partial charge on any atom is 0.255 e. The molecular weight excluding hydrogens is 390 g/mol. The molecule has 4 atom stereocenters. The Labute approximate surface area is 182 Å². The number of fused-ring (bicyclic) bond motifs is 5. The van der Waals surface area contributed by atoms with Crippen molar-refractivity contribution in [3.8, 4) is 0 Å². The Morgan fingerprint density at radius 3 is 2.65 bits per heavy atom. The normalized spacial score (nSPS) is 23.9. The maximum atomic E-state index is 13.9. The van der Waals surface area contributed by atoms with Crippen molar-refractivity contribution < 1.29 is 9.59 Å². The predicted octanol–water partition coefficient (Wildman–Crippen LogP) is 2.86. The Morgan fingerprint density at radius 2 is 1.87 bits per heavy atom. The summed E-state index contributed by atoms with van der Waals surface area (Å²) in [4.78, 5) is 43.1. The SMILES string of the molecule is CC[C@@H](C)[C@@H](C(=O)N1C[C@@H]2C[C@H](C1)c1cccc(=O)n1C2)N1Cc2ccccc2C1=O. The molecule has 2 aromatic rings. The van der Waals surface area contributed by atoms with Gasteiger partial charge < -0.3 is 14.4 Å². The van der Waals surface area contributed by atoms with E-state index in [1.165, 1.54) is 0 Å². The number of benzene rings is 1. The number of carbonyl (C=O) groups is 2. The van der Waals surface area contributed by atoms with Crippen LogP contribution >= 0.6 is 0 Å². The predicted molar refractivity (Wildman–Crippen MR) is 118 cm³/mol. The summed E-state index contributed by atoms with van der Waals surface area (Å²) in [5.74, 6) is 0.538. The van der Waals surface area contributed by atoms with Crippen LogP contribution in [0.3, 0.4) is 0 Å². The van der Waals surface area contributed by atoms with Gasteiger partial charge >= 0.3 is 0 Å². The first kappa shape index (κ1) is 20.0. The Bertz CT molecular complexity index is 1090. The van der Waals surface area contributed by atoms with Crippen molar-refractivity contribution in [2.75, 3.05) is 13.1 Å². The highest BCUT2D eigenvalue weighted by atomic mass is 16.2. The Balaban J connectivity index is 1.43. The van der Waals surface area contributed by atoms with Gasteiger partial charge in [-0.1, -0.05) is 44.5 Å². The van der Waals surface area contributed by atoms with Crippen LogP contribution in [0.4, 0.5) is 0 Å². The third-order valence-corrected chi connectivity index (χ3v) is 7.41. The summed E-state index contributed by atoms with van der Waals surface area (Å²) in [5.41, 5.74) is 2.79. The van der Waals surface area contributed by atoms with Gasteiger partial charge in [-0.05, 0) is 36.0 Å². The lowest BCUT2D eigenvalue weighted by Crippen LogP contribution is -2.56. The van der Waals surface area contributed by atoms with Gasteiger partial charge in [0.05, 0.1) is 0 Å². The molecule has 1 fully saturated rings. The van der Waals surface area contributed by atoms with Crippen LogP contribution in [-0.2, 0) is 17.9 Å². The minimum Gasteiger partial charge on any atom is -0.340 e. The van der Waals surface area contributed by atoms with Crippen LogP contribution in [0.1, 0.15) is 54.2 Å². The molecule has 31 heavy (non-hydrogen) atoms. The van der Waals surface area contributed by atoms with Gasteiger partial charge in [0, 0.05) is 49.4 Å². The highest BCUT2D eigenvalue weighted by Crippen LogP contribution is 2.36. The zero-order chi connectivity index (χ0) is 21.7. The van der Waals surface area contributed by atoms with Gasteiger partial charge in [0.1, 0.15) is 6.04 Å². The van der Waals surface area contributed by atoms with E-state index in [0.29, 0.717) is 31.7 Å². The lowest BCUT2D eigenvalue weighted by atomic mass is 9.82. The van der Waals surface area contributed by atoms with E-state index >= 15 is 0 Å². The fourth-order valence-corrected chi connectivity index (χ4v) is 5.67. The Hall–Kier alpha value is -2.89. The van der Waals surface area contributed by atoms with Gasteiger partial charge in [-0.2, -0.15) is 0 Å². The highest BCUT2D eigenvalue weighted by molar-refractivity contribution is 6.01. The molecule has 1 aromatic heterocycles. The van der Waals surface area contributed by atoms with E-state index in [1.54, 1.807) is 11.0 Å². The molecule has 3 aliphatic rings. The average Bonchev–Trinajstić information content (AvgIpc) is 3.10. The van der Waals surface area contributed by atoms with E-state index in [0.717, 1.165) is 24.1 Å². The summed E-state index contributed by atoms with van der Waals surface area (Å²) in [6.07, 6.45) is 1.84. The van der Waals surface area contributed by atoms with E-state index in [-0.39, 0.29) is 35.1 Å². The van der Waals surface area contributed by atoms with Crippen LogP contribution in [0.2, 0.25) is 0 Å². The van der Waals surface area contributed by atoms with Crippen LogP contribution in [0.15, 0.2) is 47.3 Å². The molecule has 2 amide bonds. The van der Waals surface area contributed by atoms with Crippen LogP contribution in [0.25, 0.3) is 0 Å². The zero-order valence-electron chi connectivity index (χ0n) is 18.2. The lowest BCUT2D eigenvalue weighted by molar-refractivity contribution is -0.141. The minimum absolute atomic E-state index is 0.0386. The molecule has 4 heterocycles. The molecule has 0 N–H and O–H groups in total. The molecule has 3 aliphatic heterocycles. The molecule has 162 valence electrons. The second-order valence-corrected chi connectivity index (χ2v) is 9.36. The quantitative estimate of drug-likeness (QED) is 0.766. The van der Waals surface area contributed by atoms with Crippen LogP contribution in [0, 0.1) is 11.8 Å². The van der Waals surface area contributed by atoms with Gasteiger partial charge in [-0.15, -0.1) is 0 Å². The number of pyridine rings is 1. The van der Waals surface area contributed by atoms with Gasteiger partial charge in [-0.25, -0.2) is 0 Å². The van der Waals surface area contributed by atoms with Crippen molar-refractivity contribution in [2.24, 2.45) is 11.8 Å². The fourth-order valence-electron chi connectivity index (χ4n) is 5.67. The van der Waals surface area contributed by atoms with Crippen LogP contribution < -0.4 is 5.56 Å². The molecule has 0 saturated carbocycles. The Kier molecular flexibility index (Phi) is 4.95. The second kappa shape index (κ2) is 7.66. The van der Waals surface area contributed by atoms with Crippen LogP contribution in [0.5, 0.6) is 0 Å². The largest absolute Gasteiger partial charge is 0.340 e. The minimum atomic E-state index is -0.457. The number of hydrogen-bond acceptors (Lipinski definition) is 3. The lowest BCUT2D eigenvalue weighted by Gasteiger charge is -2.45. The van der Waals surface area contributed by atoms with E-state index in [4.69, 9.17) is 0 Å². The number of hydrogen-bond donors (Lipinski definition) is 0. The van der Waals surface area contributed by atoms with Gasteiger partial charge in [0.15, 0.2) is 0 Å². The number of nitrogens with zero attached hydrogens (tertiary/aromatic N) is 3. The van der Waals surface area contributed by atoms with Gasteiger partial charge in [-0.3, -0.25) is 14.4 Å². The van der Waals surface area contributed by atoms with E-state index in [1.807, 2.05) is 45.9 Å². The fraction of sp³-hybridized carbons (Fsp3) is 0.480. The van der Waals surface area contributed by atoms with Crippen LogP contribution in [-0.4, -0.2) is 45.3 Å². The summed E-state index contributed by atoms with van der Waals surface area (Å²) in [6, 6.07) is 12.7. The van der Waals surface area contributed by atoms with Gasteiger partial charge in [0.2, 0.25) is 5.91 Å². The topological polar surface area (TPSA) is 62.6 Å². The Morgan fingerprint density at radius 1 is 1.06 bits per heavy atom. The second-order valence-electron chi connectivity index (χ2n) is 9.36. The monoisotopic (exact) mass is 419 g/mol. The smallest absolute Gasteiger partial charge is 0.255 e. The number of carbonyl (C=O) groups excluding carboxylic acids is 2. The summed E-state index contributed by atoms with van der Waals surface area (Å²) in [6.45, 7) is 6.56. The molecule has 6 nitrogen and oxygen atoms in total. The van der Waals surface area contributed by atoms with Crippen molar-refractivity contribution in [3.05, 3.63) is 69.6 Å². The van der Waals surface area contributed by atoms with E-state index in [9.17, 15) is 14.4 Å².